The van der Waals surface area contributed by atoms with Gasteiger partial charge in [-0.1, -0.05) is 37.3 Å². The van der Waals surface area contributed by atoms with E-state index in [1.165, 1.54) is 6.33 Å². The maximum atomic E-state index is 14.5. The first-order valence-electron chi connectivity index (χ1n) is 13.5. The van der Waals surface area contributed by atoms with Crippen LogP contribution in [0.3, 0.4) is 0 Å². The lowest BCUT2D eigenvalue weighted by Gasteiger charge is -2.23. The van der Waals surface area contributed by atoms with Crippen LogP contribution in [0.4, 0.5) is 11.8 Å². The largest absolute Gasteiger partial charge is 0.359 e. The Bertz CT molecular complexity index is 2010. The summed E-state index contributed by atoms with van der Waals surface area (Å²) in [6.07, 6.45) is 5.54. The van der Waals surface area contributed by atoms with Crippen molar-refractivity contribution in [3.63, 3.8) is 0 Å². The fourth-order valence-electron chi connectivity index (χ4n) is 4.99. The Morgan fingerprint density at radius 2 is 1.74 bits per heavy atom. The van der Waals surface area contributed by atoms with E-state index in [-0.39, 0.29) is 5.56 Å². The number of hydrogen-bond acceptors (Lipinski definition) is 9. The van der Waals surface area contributed by atoms with Crippen molar-refractivity contribution in [3.05, 3.63) is 107 Å². The lowest BCUT2D eigenvalue weighted by atomic mass is 10.0. The molecule has 206 valence electrons. The van der Waals surface area contributed by atoms with Gasteiger partial charge in [0.2, 0.25) is 5.95 Å². The molecule has 1 unspecified atom stereocenters. The Hall–Kier alpha value is -5.69. The lowest BCUT2D eigenvalue weighted by molar-refractivity contribution is 0.659. The summed E-state index contributed by atoms with van der Waals surface area (Å²) < 4.78 is 1.66. The summed E-state index contributed by atoms with van der Waals surface area (Å²) in [5, 5.41) is 14.2. The fraction of sp³-hybridized carbons (Fsp3) is 0.156. The number of anilines is 2. The minimum Gasteiger partial charge on any atom is -0.359 e. The van der Waals surface area contributed by atoms with Gasteiger partial charge >= 0.3 is 0 Å². The molecule has 0 saturated carbocycles. The first kappa shape index (κ1) is 26.5. The SMILES string of the molecule is CCC(Nc1ncnc2ccc(C#N)cc12)c1nc2cccc(-c3cnc(N(C)C)nc3)c2c(=O)n1-c1ccccc1. The standard InChI is InChI=1S/C32H27N9O/c1-4-25(38-29-24-15-20(16-33)13-14-26(24)36-19-37-29)30-39-27-12-8-11-23(21-17-34-32(35-18-21)40(2)3)28(27)31(42)41(30)22-9-6-5-7-10-22/h5-15,17-19,25H,4H2,1-3H3,(H,36,37,38). The molecule has 0 saturated heterocycles. The van der Waals surface area contributed by atoms with Crippen LogP contribution in [-0.4, -0.2) is 43.6 Å². The quantitative estimate of drug-likeness (QED) is 0.281. The molecule has 3 heterocycles. The number of nitrogens with one attached hydrogen (secondary N) is 1. The van der Waals surface area contributed by atoms with Gasteiger partial charge in [0.25, 0.3) is 5.56 Å². The van der Waals surface area contributed by atoms with E-state index in [0.717, 1.165) is 5.56 Å². The van der Waals surface area contributed by atoms with Gasteiger partial charge in [0, 0.05) is 37.4 Å². The highest BCUT2D eigenvalue weighted by molar-refractivity contribution is 5.94. The Morgan fingerprint density at radius 1 is 0.952 bits per heavy atom. The first-order valence-corrected chi connectivity index (χ1v) is 13.5. The van der Waals surface area contributed by atoms with Gasteiger partial charge in [-0.3, -0.25) is 9.36 Å². The average Bonchev–Trinajstić information content (AvgIpc) is 3.03. The molecule has 10 heteroatoms. The van der Waals surface area contributed by atoms with Crippen LogP contribution < -0.4 is 15.8 Å². The van der Waals surface area contributed by atoms with Crippen molar-refractivity contribution in [2.75, 3.05) is 24.3 Å². The summed E-state index contributed by atoms with van der Waals surface area (Å²) >= 11 is 0. The summed E-state index contributed by atoms with van der Waals surface area (Å²) in [5.74, 6) is 1.68. The van der Waals surface area contributed by atoms with Gasteiger partial charge in [-0.15, -0.1) is 0 Å². The number of rotatable bonds is 7. The van der Waals surface area contributed by atoms with E-state index < -0.39 is 6.04 Å². The van der Waals surface area contributed by atoms with Gasteiger partial charge in [-0.25, -0.2) is 24.9 Å². The van der Waals surface area contributed by atoms with Crippen molar-refractivity contribution in [1.29, 1.82) is 5.26 Å². The predicted octanol–water partition coefficient (Wildman–Crippen LogP) is 5.29. The fourth-order valence-corrected chi connectivity index (χ4v) is 4.99. The summed E-state index contributed by atoms with van der Waals surface area (Å²) in [7, 11) is 3.75. The van der Waals surface area contributed by atoms with Crippen molar-refractivity contribution < 1.29 is 0 Å². The number of benzene rings is 3. The molecular formula is C32H27N9O. The number of para-hydroxylation sites is 1. The molecule has 0 bridgehead atoms. The van der Waals surface area contributed by atoms with Crippen LogP contribution in [0, 0.1) is 11.3 Å². The van der Waals surface area contributed by atoms with E-state index in [9.17, 15) is 10.1 Å². The molecule has 6 rings (SSSR count). The maximum Gasteiger partial charge on any atom is 0.266 e. The van der Waals surface area contributed by atoms with Gasteiger partial charge in [-0.05, 0) is 48.4 Å². The molecule has 1 N–H and O–H groups in total. The van der Waals surface area contributed by atoms with E-state index >= 15 is 0 Å². The van der Waals surface area contributed by atoms with Gasteiger partial charge in [0.15, 0.2) is 0 Å². The van der Waals surface area contributed by atoms with Crippen LogP contribution in [-0.2, 0) is 0 Å². The molecule has 0 radical (unpaired) electrons. The number of aromatic nitrogens is 6. The second-order valence-corrected chi connectivity index (χ2v) is 9.98. The Kier molecular flexibility index (Phi) is 6.98. The molecule has 3 aromatic heterocycles. The third-order valence-electron chi connectivity index (χ3n) is 7.08. The topological polar surface area (TPSA) is 126 Å². The molecule has 0 aliphatic carbocycles. The third kappa shape index (κ3) is 4.77. The Labute approximate surface area is 242 Å². The van der Waals surface area contributed by atoms with Crippen LogP contribution in [0.2, 0.25) is 0 Å². The monoisotopic (exact) mass is 553 g/mol. The number of nitriles is 1. The van der Waals surface area contributed by atoms with E-state index in [0.29, 0.717) is 62.6 Å². The lowest BCUT2D eigenvalue weighted by Crippen LogP contribution is -2.28. The molecule has 6 aromatic rings. The molecule has 1 atom stereocenters. The molecule has 0 fully saturated rings. The zero-order chi connectivity index (χ0) is 29.2. The van der Waals surface area contributed by atoms with Gasteiger partial charge < -0.3 is 10.2 Å². The number of fused-ring (bicyclic) bond motifs is 2. The normalized spacial score (nSPS) is 11.8. The van der Waals surface area contributed by atoms with E-state index in [4.69, 9.17) is 4.98 Å². The van der Waals surface area contributed by atoms with E-state index in [1.807, 2.05) is 74.4 Å². The summed E-state index contributed by atoms with van der Waals surface area (Å²) in [5.41, 5.74) is 3.71. The molecule has 0 amide bonds. The average molecular weight is 554 g/mol. The van der Waals surface area contributed by atoms with Crippen molar-refractivity contribution >= 4 is 33.6 Å². The van der Waals surface area contributed by atoms with Gasteiger partial charge in [0.05, 0.1) is 39.8 Å². The second kappa shape index (κ2) is 11.1. The van der Waals surface area contributed by atoms with Gasteiger partial charge in [0.1, 0.15) is 18.0 Å². The molecule has 42 heavy (non-hydrogen) atoms. The maximum absolute atomic E-state index is 14.5. The van der Waals surface area contributed by atoms with Crippen molar-refractivity contribution in [1.82, 2.24) is 29.5 Å². The molecule has 0 aliphatic rings. The molecular weight excluding hydrogens is 526 g/mol. The third-order valence-corrected chi connectivity index (χ3v) is 7.08. The Morgan fingerprint density at radius 3 is 2.45 bits per heavy atom. The van der Waals surface area contributed by atoms with E-state index in [2.05, 4.69) is 31.3 Å². The van der Waals surface area contributed by atoms with Crippen LogP contribution in [0.5, 0.6) is 0 Å². The molecule has 0 spiro atoms. The molecule has 10 nitrogen and oxygen atoms in total. The minimum absolute atomic E-state index is 0.201. The number of nitrogens with zero attached hydrogens (tertiary/aromatic N) is 8. The minimum atomic E-state index is -0.391. The Balaban J connectivity index is 1.56. The zero-order valence-corrected chi connectivity index (χ0v) is 23.4. The van der Waals surface area contributed by atoms with Crippen molar-refractivity contribution in [2.24, 2.45) is 0 Å². The predicted molar refractivity (Wildman–Crippen MR) is 164 cm³/mol. The van der Waals surface area contributed by atoms with Crippen LogP contribution in [0.25, 0.3) is 38.6 Å². The van der Waals surface area contributed by atoms with Crippen molar-refractivity contribution in [3.8, 4) is 22.9 Å². The van der Waals surface area contributed by atoms with E-state index in [1.54, 1.807) is 35.2 Å². The molecule has 0 aliphatic heterocycles. The highest BCUT2D eigenvalue weighted by Gasteiger charge is 2.23. The van der Waals surface area contributed by atoms with Crippen LogP contribution in [0.15, 0.2) is 90.2 Å². The van der Waals surface area contributed by atoms with Crippen LogP contribution >= 0.6 is 0 Å². The van der Waals surface area contributed by atoms with Crippen LogP contribution in [0.1, 0.15) is 30.8 Å². The zero-order valence-electron chi connectivity index (χ0n) is 23.4. The first-order chi connectivity index (χ1) is 20.5. The van der Waals surface area contributed by atoms with Gasteiger partial charge in [-0.2, -0.15) is 5.26 Å². The highest BCUT2D eigenvalue weighted by Crippen LogP contribution is 2.30. The summed E-state index contributed by atoms with van der Waals surface area (Å²) in [6, 6.07) is 22.2. The molecule has 3 aromatic carbocycles. The number of hydrogen-bond donors (Lipinski definition) is 1. The second-order valence-electron chi connectivity index (χ2n) is 9.98. The summed E-state index contributed by atoms with van der Waals surface area (Å²) in [4.78, 5) is 39.1. The summed E-state index contributed by atoms with van der Waals surface area (Å²) in [6.45, 7) is 2.02. The van der Waals surface area contributed by atoms with Crippen molar-refractivity contribution in [2.45, 2.75) is 19.4 Å². The highest BCUT2D eigenvalue weighted by atomic mass is 16.1. The smallest absolute Gasteiger partial charge is 0.266 e.